The molecule has 21 heavy (non-hydrogen) atoms. The average Bonchev–Trinajstić information content (AvgIpc) is 2.53. The number of amides is 1. The maximum Gasteiger partial charge on any atom is 0.255 e. The molecule has 4 nitrogen and oxygen atoms in total. The van der Waals surface area contributed by atoms with E-state index in [0.29, 0.717) is 10.6 Å². The Morgan fingerprint density at radius 1 is 1.43 bits per heavy atom. The molecular weight excluding hydrogens is 288 g/mol. The van der Waals surface area contributed by atoms with Crippen LogP contribution in [0.1, 0.15) is 36.5 Å². The van der Waals surface area contributed by atoms with Crippen molar-refractivity contribution >= 4 is 23.2 Å². The summed E-state index contributed by atoms with van der Waals surface area (Å²) >= 11 is 6.07. The molecule has 1 aromatic carbocycles. The van der Waals surface area contributed by atoms with E-state index in [4.69, 9.17) is 16.3 Å². The molecule has 1 N–H and O–H groups in total. The summed E-state index contributed by atoms with van der Waals surface area (Å²) in [6.45, 7) is 4.37. The standard InChI is InChI=1S/C16H23ClN2O2/c1-3-8-18-15-5-4-12(17)11-14(15)16(20)19(2)13-6-9-21-10-7-13/h4-5,11,13,18H,3,6-10H2,1-2H3. The van der Waals surface area contributed by atoms with E-state index >= 15 is 0 Å². The van der Waals surface area contributed by atoms with E-state index in [-0.39, 0.29) is 11.9 Å². The number of rotatable bonds is 5. The van der Waals surface area contributed by atoms with Gasteiger partial charge < -0.3 is 15.0 Å². The van der Waals surface area contributed by atoms with Crippen LogP contribution in [0.4, 0.5) is 5.69 Å². The van der Waals surface area contributed by atoms with E-state index < -0.39 is 0 Å². The molecule has 0 aromatic heterocycles. The Morgan fingerprint density at radius 3 is 2.81 bits per heavy atom. The third-order valence-corrected chi connectivity index (χ3v) is 4.07. The summed E-state index contributed by atoms with van der Waals surface area (Å²) in [4.78, 5) is 14.6. The van der Waals surface area contributed by atoms with Crippen LogP contribution in [0.5, 0.6) is 0 Å². The molecule has 0 radical (unpaired) electrons. The zero-order valence-corrected chi connectivity index (χ0v) is 13.4. The summed E-state index contributed by atoms with van der Waals surface area (Å²) < 4.78 is 5.36. The minimum absolute atomic E-state index is 0.0167. The first-order valence-electron chi connectivity index (χ1n) is 7.51. The van der Waals surface area contributed by atoms with Crippen LogP contribution in [0.25, 0.3) is 0 Å². The van der Waals surface area contributed by atoms with Crippen LogP contribution in [0.15, 0.2) is 18.2 Å². The van der Waals surface area contributed by atoms with E-state index in [2.05, 4.69) is 12.2 Å². The lowest BCUT2D eigenvalue weighted by molar-refractivity contribution is 0.0362. The van der Waals surface area contributed by atoms with E-state index in [1.54, 1.807) is 6.07 Å². The highest BCUT2D eigenvalue weighted by molar-refractivity contribution is 6.31. The number of carbonyl (C=O) groups excluding carboxylic acids is 1. The molecule has 1 aliphatic rings. The molecule has 1 aromatic rings. The highest BCUT2D eigenvalue weighted by Gasteiger charge is 2.25. The van der Waals surface area contributed by atoms with E-state index in [1.807, 2.05) is 24.1 Å². The van der Waals surface area contributed by atoms with Crippen molar-refractivity contribution in [2.45, 2.75) is 32.2 Å². The van der Waals surface area contributed by atoms with Crippen LogP contribution in [0.2, 0.25) is 5.02 Å². The number of nitrogens with zero attached hydrogens (tertiary/aromatic N) is 1. The van der Waals surface area contributed by atoms with Gasteiger partial charge in [-0.3, -0.25) is 4.79 Å². The first kappa shape index (κ1) is 16.1. The summed E-state index contributed by atoms with van der Waals surface area (Å²) in [6.07, 6.45) is 2.78. The molecule has 5 heteroatoms. The summed E-state index contributed by atoms with van der Waals surface area (Å²) in [5.41, 5.74) is 1.50. The molecular formula is C16H23ClN2O2. The van der Waals surface area contributed by atoms with Gasteiger partial charge in [0.1, 0.15) is 0 Å². The molecule has 0 bridgehead atoms. The van der Waals surface area contributed by atoms with Gasteiger partial charge in [-0.05, 0) is 37.5 Å². The average molecular weight is 311 g/mol. The largest absolute Gasteiger partial charge is 0.384 e. The molecule has 1 fully saturated rings. The number of nitrogens with one attached hydrogen (secondary N) is 1. The summed E-state index contributed by atoms with van der Waals surface area (Å²) in [6, 6.07) is 5.68. The molecule has 116 valence electrons. The molecule has 0 unspecified atom stereocenters. The summed E-state index contributed by atoms with van der Waals surface area (Å²) in [5.74, 6) is 0.0167. The van der Waals surface area contributed by atoms with Crippen LogP contribution in [0, 0.1) is 0 Å². The third kappa shape index (κ3) is 4.11. The number of anilines is 1. The maximum atomic E-state index is 12.8. The smallest absolute Gasteiger partial charge is 0.255 e. The van der Waals surface area contributed by atoms with Gasteiger partial charge in [-0.1, -0.05) is 18.5 Å². The van der Waals surface area contributed by atoms with Gasteiger partial charge in [0.05, 0.1) is 5.56 Å². The zero-order chi connectivity index (χ0) is 15.2. The molecule has 1 aliphatic heterocycles. The predicted molar refractivity (Wildman–Crippen MR) is 86.2 cm³/mol. The maximum absolute atomic E-state index is 12.8. The monoisotopic (exact) mass is 310 g/mol. The Labute approximate surface area is 131 Å². The second-order valence-corrected chi connectivity index (χ2v) is 5.81. The van der Waals surface area contributed by atoms with Crippen molar-refractivity contribution in [3.05, 3.63) is 28.8 Å². The van der Waals surface area contributed by atoms with Crippen molar-refractivity contribution in [1.82, 2.24) is 4.90 Å². The van der Waals surface area contributed by atoms with E-state index in [9.17, 15) is 4.79 Å². The minimum atomic E-state index is 0.0167. The molecule has 0 spiro atoms. The Bertz CT molecular complexity index is 487. The minimum Gasteiger partial charge on any atom is -0.384 e. The first-order chi connectivity index (χ1) is 10.1. The van der Waals surface area contributed by atoms with Crippen molar-refractivity contribution in [2.24, 2.45) is 0 Å². The lowest BCUT2D eigenvalue weighted by atomic mass is 10.1. The van der Waals surface area contributed by atoms with Crippen LogP contribution in [-0.2, 0) is 4.74 Å². The number of hydrogen-bond donors (Lipinski definition) is 1. The van der Waals surface area contributed by atoms with Gasteiger partial charge in [-0.15, -0.1) is 0 Å². The fourth-order valence-electron chi connectivity index (χ4n) is 2.54. The van der Waals surface area contributed by atoms with Gasteiger partial charge in [0, 0.05) is 43.6 Å². The quantitative estimate of drug-likeness (QED) is 0.906. The Balaban J connectivity index is 2.18. The number of benzene rings is 1. The molecule has 2 rings (SSSR count). The predicted octanol–water partition coefficient (Wildman–Crippen LogP) is 3.41. The van der Waals surface area contributed by atoms with Gasteiger partial charge in [0.2, 0.25) is 0 Å². The molecule has 0 saturated carbocycles. The van der Waals surface area contributed by atoms with E-state index in [1.165, 1.54) is 0 Å². The number of hydrogen-bond acceptors (Lipinski definition) is 3. The first-order valence-corrected chi connectivity index (χ1v) is 7.89. The topological polar surface area (TPSA) is 41.6 Å². The van der Waals surface area contributed by atoms with Gasteiger partial charge in [-0.2, -0.15) is 0 Å². The van der Waals surface area contributed by atoms with Crippen LogP contribution < -0.4 is 5.32 Å². The van der Waals surface area contributed by atoms with Crippen molar-refractivity contribution in [3.63, 3.8) is 0 Å². The van der Waals surface area contributed by atoms with Gasteiger partial charge >= 0.3 is 0 Å². The second-order valence-electron chi connectivity index (χ2n) is 5.38. The normalized spacial score (nSPS) is 15.8. The number of halogens is 1. The highest BCUT2D eigenvalue weighted by atomic mass is 35.5. The molecule has 0 aliphatic carbocycles. The SMILES string of the molecule is CCCNc1ccc(Cl)cc1C(=O)N(C)C1CCOCC1. The number of carbonyl (C=O) groups is 1. The molecule has 1 saturated heterocycles. The molecule has 0 atom stereocenters. The van der Waals surface area contributed by atoms with Crippen molar-refractivity contribution in [3.8, 4) is 0 Å². The third-order valence-electron chi connectivity index (χ3n) is 3.84. The number of ether oxygens (including phenoxy) is 1. The lowest BCUT2D eigenvalue weighted by Gasteiger charge is -2.31. The van der Waals surface area contributed by atoms with E-state index in [0.717, 1.165) is 44.7 Å². The Kier molecular flexibility index (Phi) is 5.88. The Hall–Kier alpha value is -1.26. The zero-order valence-electron chi connectivity index (χ0n) is 12.7. The van der Waals surface area contributed by atoms with Crippen molar-refractivity contribution in [2.75, 3.05) is 32.1 Å². The highest BCUT2D eigenvalue weighted by Crippen LogP contribution is 2.24. The van der Waals surface area contributed by atoms with Gasteiger partial charge in [-0.25, -0.2) is 0 Å². The van der Waals surface area contributed by atoms with Gasteiger partial charge in [0.25, 0.3) is 5.91 Å². The van der Waals surface area contributed by atoms with Crippen molar-refractivity contribution < 1.29 is 9.53 Å². The van der Waals surface area contributed by atoms with Crippen LogP contribution >= 0.6 is 11.6 Å². The fraction of sp³-hybridized carbons (Fsp3) is 0.562. The lowest BCUT2D eigenvalue weighted by Crippen LogP contribution is -2.40. The summed E-state index contributed by atoms with van der Waals surface area (Å²) in [5, 5.41) is 3.88. The summed E-state index contributed by atoms with van der Waals surface area (Å²) in [7, 11) is 1.86. The van der Waals surface area contributed by atoms with Crippen LogP contribution in [-0.4, -0.2) is 43.7 Å². The Morgan fingerprint density at radius 2 is 2.14 bits per heavy atom. The van der Waals surface area contributed by atoms with Crippen molar-refractivity contribution in [1.29, 1.82) is 0 Å². The second kappa shape index (κ2) is 7.66. The van der Waals surface area contributed by atoms with Gasteiger partial charge in [0.15, 0.2) is 0 Å². The van der Waals surface area contributed by atoms with Crippen LogP contribution in [0.3, 0.4) is 0 Å². The molecule has 1 heterocycles. The fourth-order valence-corrected chi connectivity index (χ4v) is 2.71. The molecule has 1 amide bonds.